The minimum Gasteiger partial charge on any atom is -0.477 e. The number of anilines is 1. The second-order valence-corrected chi connectivity index (χ2v) is 5.63. The summed E-state index contributed by atoms with van der Waals surface area (Å²) in [6, 6.07) is 12.1. The van der Waals surface area contributed by atoms with E-state index in [9.17, 15) is 9.90 Å². The molecule has 0 aliphatic rings. The first-order valence-corrected chi connectivity index (χ1v) is 7.42. The first-order chi connectivity index (χ1) is 11.6. The van der Waals surface area contributed by atoms with Gasteiger partial charge in [0.1, 0.15) is 11.4 Å². The van der Waals surface area contributed by atoms with Crippen molar-refractivity contribution in [1.29, 1.82) is 0 Å². The van der Waals surface area contributed by atoms with Crippen LogP contribution in [0, 0.1) is 6.92 Å². The molecule has 0 aliphatic carbocycles. The molecule has 0 bridgehead atoms. The lowest BCUT2D eigenvalue weighted by molar-refractivity contribution is 0.0699. The van der Waals surface area contributed by atoms with Crippen LogP contribution in [0.5, 0.6) is 0 Å². The van der Waals surface area contributed by atoms with Gasteiger partial charge in [0.25, 0.3) is 0 Å². The van der Waals surface area contributed by atoms with Crippen molar-refractivity contribution in [3.63, 3.8) is 0 Å². The molecule has 0 atom stereocenters. The summed E-state index contributed by atoms with van der Waals surface area (Å²) in [6.07, 6.45) is 2.87. The Labute approximate surface area is 137 Å². The summed E-state index contributed by atoms with van der Waals surface area (Å²) in [6.45, 7) is 2.05. The number of hydrogen-bond donors (Lipinski definition) is 2. The number of carboxylic acid groups (broad SMARTS) is 1. The summed E-state index contributed by atoms with van der Waals surface area (Å²) in [5.41, 5.74) is 9.35. The highest BCUT2D eigenvalue weighted by Crippen LogP contribution is 2.34. The molecule has 0 aliphatic heterocycles. The Hall–Kier alpha value is -3.41. The van der Waals surface area contributed by atoms with Crippen molar-refractivity contribution in [2.24, 2.45) is 0 Å². The lowest BCUT2D eigenvalue weighted by Gasteiger charge is -2.12. The van der Waals surface area contributed by atoms with E-state index in [1.165, 1.54) is 10.7 Å². The van der Waals surface area contributed by atoms with Crippen LogP contribution in [0.3, 0.4) is 0 Å². The summed E-state index contributed by atoms with van der Waals surface area (Å²) < 4.78 is 1.37. The summed E-state index contributed by atoms with van der Waals surface area (Å²) in [5.74, 6) is -0.714. The molecule has 2 heterocycles. The van der Waals surface area contributed by atoms with Crippen molar-refractivity contribution in [3.05, 3.63) is 59.9 Å². The monoisotopic (exact) mass is 318 g/mol. The number of nitrogens with zero attached hydrogens (tertiary/aromatic N) is 3. The topological polar surface area (TPSA) is 93.5 Å². The van der Waals surface area contributed by atoms with Gasteiger partial charge in [-0.15, -0.1) is 0 Å². The number of aryl methyl sites for hydroxylation is 1. The number of hydrogen-bond acceptors (Lipinski definition) is 4. The van der Waals surface area contributed by atoms with Crippen LogP contribution in [-0.2, 0) is 0 Å². The van der Waals surface area contributed by atoms with Crippen molar-refractivity contribution in [2.75, 3.05) is 5.73 Å². The Morgan fingerprint density at radius 1 is 1.12 bits per heavy atom. The fraction of sp³-hybridized carbons (Fsp3) is 0.0556. The van der Waals surface area contributed by atoms with Gasteiger partial charge in [0.05, 0.1) is 6.20 Å². The highest BCUT2D eigenvalue weighted by molar-refractivity contribution is 6.01. The number of nitrogens with two attached hydrogens (primary N) is 1. The van der Waals surface area contributed by atoms with Crippen molar-refractivity contribution in [1.82, 2.24) is 14.6 Å². The van der Waals surface area contributed by atoms with E-state index in [0.717, 1.165) is 27.5 Å². The Bertz CT molecular complexity index is 1110. The van der Waals surface area contributed by atoms with Gasteiger partial charge in [-0.3, -0.25) is 0 Å². The van der Waals surface area contributed by atoms with E-state index in [2.05, 4.69) is 10.1 Å². The maximum Gasteiger partial charge on any atom is 0.341 e. The van der Waals surface area contributed by atoms with Gasteiger partial charge in [0.2, 0.25) is 0 Å². The molecule has 2 aromatic heterocycles. The van der Waals surface area contributed by atoms with Crippen LogP contribution in [0.25, 0.3) is 27.5 Å². The van der Waals surface area contributed by atoms with E-state index in [0.29, 0.717) is 5.82 Å². The quantitative estimate of drug-likeness (QED) is 0.592. The fourth-order valence-corrected chi connectivity index (χ4v) is 3.06. The third kappa shape index (κ3) is 1.93. The molecular formula is C18H14N4O2. The lowest BCUT2D eigenvalue weighted by Crippen LogP contribution is -2.04. The molecule has 4 aromatic rings. The highest BCUT2D eigenvalue weighted by Gasteiger charge is 2.17. The van der Waals surface area contributed by atoms with Gasteiger partial charge in [0, 0.05) is 11.8 Å². The van der Waals surface area contributed by atoms with Crippen molar-refractivity contribution < 1.29 is 9.90 Å². The third-order valence-corrected chi connectivity index (χ3v) is 4.20. The average Bonchev–Trinajstić information content (AvgIpc) is 3.00. The smallest absolute Gasteiger partial charge is 0.341 e. The van der Waals surface area contributed by atoms with Crippen molar-refractivity contribution in [3.8, 4) is 11.1 Å². The van der Waals surface area contributed by atoms with E-state index in [-0.39, 0.29) is 11.2 Å². The Balaban J connectivity index is 2.05. The van der Waals surface area contributed by atoms with Gasteiger partial charge < -0.3 is 10.8 Å². The summed E-state index contributed by atoms with van der Waals surface area (Å²) in [5, 5.41) is 15.5. The number of fused-ring (bicyclic) bond motifs is 2. The van der Waals surface area contributed by atoms with Crippen LogP contribution in [-0.4, -0.2) is 25.7 Å². The molecule has 4 rings (SSSR count). The molecular weight excluding hydrogens is 304 g/mol. The third-order valence-electron chi connectivity index (χ3n) is 4.20. The van der Waals surface area contributed by atoms with E-state index in [4.69, 9.17) is 5.73 Å². The predicted octanol–water partition coefficient (Wildman–Crippen LogP) is 3.14. The molecule has 6 nitrogen and oxygen atoms in total. The SMILES string of the molecule is Cc1cccc2cccc(-c3cnc4c(C(=O)O)cnn4c3N)c12. The molecule has 24 heavy (non-hydrogen) atoms. The van der Waals surface area contributed by atoms with Gasteiger partial charge in [-0.1, -0.05) is 36.4 Å². The number of aromatic nitrogens is 3. The molecule has 0 unspecified atom stereocenters. The normalized spacial score (nSPS) is 11.2. The molecule has 3 N–H and O–H groups in total. The standard InChI is InChI=1S/C18H14N4O2/c1-10-4-2-5-11-6-3-7-12(15(10)11)13-8-20-17-14(18(23)24)9-21-22(17)16(13)19/h2-9H,19H2,1H3,(H,23,24). The van der Waals surface area contributed by atoms with Crippen LogP contribution in [0.1, 0.15) is 15.9 Å². The molecule has 0 saturated heterocycles. The van der Waals surface area contributed by atoms with Crippen LogP contribution in [0.2, 0.25) is 0 Å². The number of rotatable bonds is 2. The van der Waals surface area contributed by atoms with Crippen LogP contribution in [0.4, 0.5) is 5.82 Å². The molecule has 0 radical (unpaired) electrons. The Morgan fingerprint density at radius 2 is 1.88 bits per heavy atom. The number of carboxylic acids is 1. The first kappa shape index (κ1) is 14.2. The zero-order valence-electron chi connectivity index (χ0n) is 12.9. The predicted molar refractivity (Wildman–Crippen MR) is 92.0 cm³/mol. The minimum absolute atomic E-state index is 0.0300. The summed E-state index contributed by atoms with van der Waals surface area (Å²) in [7, 11) is 0. The van der Waals surface area contributed by atoms with E-state index in [1.54, 1.807) is 6.20 Å². The van der Waals surface area contributed by atoms with Gasteiger partial charge in [-0.05, 0) is 28.8 Å². The maximum atomic E-state index is 11.2. The molecule has 118 valence electrons. The Morgan fingerprint density at radius 3 is 2.62 bits per heavy atom. The number of nitrogen functional groups attached to an aromatic ring is 1. The lowest BCUT2D eigenvalue weighted by atomic mass is 9.96. The summed E-state index contributed by atoms with van der Waals surface area (Å²) >= 11 is 0. The molecule has 6 heteroatoms. The minimum atomic E-state index is -1.08. The van der Waals surface area contributed by atoms with Gasteiger partial charge >= 0.3 is 5.97 Å². The highest BCUT2D eigenvalue weighted by atomic mass is 16.4. The van der Waals surface area contributed by atoms with E-state index in [1.807, 2.05) is 43.3 Å². The van der Waals surface area contributed by atoms with E-state index < -0.39 is 5.97 Å². The zero-order chi connectivity index (χ0) is 16.8. The average molecular weight is 318 g/mol. The van der Waals surface area contributed by atoms with Gasteiger partial charge in [-0.25, -0.2) is 9.78 Å². The molecule has 0 saturated carbocycles. The number of benzene rings is 2. The van der Waals surface area contributed by atoms with E-state index >= 15 is 0 Å². The van der Waals surface area contributed by atoms with Crippen LogP contribution >= 0.6 is 0 Å². The molecule has 0 amide bonds. The molecule has 0 fully saturated rings. The van der Waals surface area contributed by atoms with Crippen LogP contribution in [0.15, 0.2) is 48.8 Å². The molecule has 0 spiro atoms. The summed E-state index contributed by atoms with van der Waals surface area (Å²) in [4.78, 5) is 15.5. The second kappa shape index (κ2) is 5.06. The zero-order valence-corrected chi connectivity index (χ0v) is 12.9. The van der Waals surface area contributed by atoms with Crippen molar-refractivity contribution in [2.45, 2.75) is 6.92 Å². The Kier molecular flexibility index (Phi) is 2.99. The second-order valence-electron chi connectivity index (χ2n) is 5.63. The van der Waals surface area contributed by atoms with Crippen LogP contribution < -0.4 is 5.73 Å². The largest absolute Gasteiger partial charge is 0.477 e. The van der Waals surface area contributed by atoms with Gasteiger partial charge in [0.15, 0.2) is 5.65 Å². The fourth-order valence-electron chi connectivity index (χ4n) is 3.06. The first-order valence-electron chi connectivity index (χ1n) is 7.42. The van der Waals surface area contributed by atoms with Crippen molar-refractivity contribution >= 4 is 28.2 Å². The number of carbonyl (C=O) groups is 1. The molecule has 2 aromatic carbocycles. The van der Waals surface area contributed by atoms with Gasteiger partial charge in [-0.2, -0.15) is 9.61 Å². The number of aromatic carboxylic acids is 1. The maximum absolute atomic E-state index is 11.2.